The van der Waals surface area contributed by atoms with Crippen molar-refractivity contribution in [3.8, 4) is 17.2 Å². The Morgan fingerprint density at radius 2 is 1.73 bits per heavy atom. The van der Waals surface area contributed by atoms with Gasteiger partial charge in [0.05, 0.1) is 0 Å². The van der Waals surface area contributed by atoms with Crippen molar-refractivity contribution in [2.75, 3.05) is 20.8 Å². The quantitative estimate of drug-likeness (QED) is 0.562. The Kier molecular flexibility index (Phi) is 5.90. The van der Waals surface area contributed by atoms with Gasteiger partial charge in [0.2, 0.25) is 0 Å². The van der Waals surface area contributed by atoms with Gasteiger partial charge in [-0.3, -0.25) is 0 Å². The van der Waals surface area contributed by atoms with Gasteiger partial charge in [-0.1, -0.05) is 0 Å². The molecule has 22 heavy (non-hydrogen) atoms. The van der Waals surface area contributed by atoms with Crippen LogP contribution in [0.1, 0.15) is 15.8 Å². The van der Waals surface area contributed by atoms with Crippen molar-refractivity contribution in [1.29, 1.82) is 0 Å². The molecule has 2 rings (SSSR count). The van der Waals surface area contributed by atoms with Crippen LogP contribution in [-0.2, 0) is 4.79 Å². The number of methoxy groups -OCH3 is 2. The molecule has 114 valence electrons. The van der Waals surface area contributed by atoms with Crippen molar-refractivity contribution in [3.05, 3.63) is 53.6 Å². The zero-order valence-electron chi connectivity index (χ0n) is 12.5. The molecular formula is C17H17AsO4. The predicted octanol–water partition coefficient (Wildman–Crippen LogP) is 2.54. The molecule has 0 amide bonds. The van der Waals surface area contributed by atoms with Crippen molar-refractivity contribution >= 4 is 23.1 Å². The monoisotopic (exact) mass is 360 g/mol. The summed E-state index contributed by atoms with van der Waals surface area (Å²) in [5, 5.41) is 0. The molecule has 0 saturated carbocycles. The van der Waals surface area contributed by atoms with E-state index in [1.807, 2.05) is 42.5 Å². The molecule has 0 aromatic heterocycles. The van der Waals surface area contributed by atoms with E-state index < -0.39 is 0 Å². The molecule has 1 unspecified atom stereocenters. The Hall–Kier alpha value is -1.93. The first-order chi connectivity index (χ1) is 10.7. The summed E-state index contributed by atoms with van der Waals surface area (Å²) in [6.07, 6.45) is 0.732. The number of carbonyl (C=O) groups excluding carboxylic acids is 1. The molecule has 0 N–H and O–H groups in total. The number of ether oxygens (including phenoxy) is 3. The molecule has 0 saturated heterocycles. The first-order valence-electron chi connectivity index (χ1n) is 6.76. The average Bonchev–Trinajstić information content (AvgIpc) is 2.59. The standard InChI is InChI=1S/C17H17AsO4/c1-20-14-7-8-15(16(11-14)21-2)17(18)12-3-5-13(6-4-12)22-10-9-19/h3-9,11,17H,10H2,1-2H3. The third-order valence-corrected chi connectivity index (χ3v) is 4.46. The van der Waals surface area contributed by atoms with Crippen LogP contribution in [0.25, 0.3) is 0 Å². The van der Waals surface area contributed by atoms with Gasteiger partial charge in [-0.25, -0.2) is 0 Å². The van der Waals surface area contributed by atoms with E-state index in [4.69, 9.17) is 14.2 Å². The number of hydrogen-bond acceptors (Lipinski definition) is 4. The minimum absolute atomic E-state index is 0.0667. The van der Waals surface area contributed by atoms with Crippen molar-refractivity contribution in [2.45, 2.75) is 4.71 Å². The molecule has 2 aromatic rings. The van der Waals surface area contributed by atoms with E-state index in [0.717, 1.165) is 28.9 Å². The van der Waals surface area contributed by atoms with E-state index in [-0.39, 0.29) is 11.3 Å². The summed E-state index contributed by atoms with van der Waals surface area (Å²) in [6.45, 7) is 0.0667. The van der Waals surface area contributed by atoms with E-state index in [9.17, 15) is 4.79 Å². The number of carbonyl (C=O) groups is 1. The van der Waals surface area contributed by atoms with Crippen LogP contribution in [0.3, 0.4) is 0 Å². The van der Waals surface area contributed by atoms with E-state index >= 15 is 0 Å². The molecule has 1 atom stereocenters. The summed E-state index contributed by atoms with van der Waals surface area (Å²) >= 11 is 2.64. The van der Waals surface area contributed by atoms with Gasteiger partial charge in [0.15, 0.2) is 0 Å². The predicted molar refractivity (Wildman–Crippen MR) is 85.1 cm³/mol. The van der Waals surface area contributed by atoms with E-state index in [1.54, 1.807) is 14.2 Å². The van der Waals surface area contributed by atoms with Crippen LogP contribution < -0.4 is 14.2 Å². The van der Waals surface area contributed by atoms with Gasteiger partial charge in [0, 0.05) is 0 Å². The second-order valence-electron chi connectivity index (χ2n) is 4.56. The molecule has 0 aliphatic rings. The molecule has 0 aliphatic heterocycles. The minimum atomic E-state index is 0.0667. The normalized spacial score (nSPS) is 11.6. The Labute approximate surface area is 138 Å². The van der Waals surface area contributed by atoms with Gasteiger partial charge in [0.25, 0.3) is 0 Å². The zero-order valence-corrected chi connectivity index (χ0v) is 14.4. The van der Waals surface area contributed by atoms with E-state index in [0.29, 0.717) is 5.75 Å². The fourth-order valence-corrected chi connectivity index (χ4v) is 2.91. The van der Waals surface area contributed by atoms with Crippen molar-refractivity contribution < 1.29 is 19.0 Å². The molecule has 4 nitrogen and oxygen atoms in total. The zero-order chi connectivity index (χ0) is 15.9. The van der Waals surface area contributed by atoms with Crippen molar-refractivity contribution in [1.82, 2.24) is 0 Å². The fraction of sp³-hybridized carbons (Fsp3) is 0.235. The fourth-order valence-electron chi connectivity index (χ4n) is 2.10. The summed E-state index contributed by atoms with van der Waals surface area (Å²) in [6, 6.07) is 13.5. The average molecular weight is 360 g/mol. The van der Waals surface area contributed by atoms with Crippen molar-refractivity contribution in [3.63, 3.8) is 0 Å². The van der Waals surface area contributed by atoms with Gasteiger partial charge in [-0.05, 0) is 0 Å². The molecular weight excluding hydrogens is 343 g/mol. The third-order valence-electron chi connectivity index (χ3n) is 3.25. The Balaban J connectivity index is 2.23. The van der Waals surface area contributed by atoms with Crippen LogP contribution in [-0.4, -0.2) is 44.0 Å². The SMILES string of the molecule is COc1ccc(C([As])c2ccc(OCC=O)cc2)c(OC)c1. The Bertz CT molecular complexity index is 625. The summed E-state index contributed by atoms with van der Waals surface area (Å²) < 4.78 is 16.0. The van der Waals surface area contributed by atoms with Crippen LogP contribution in [0, 0.1) is 0 Å². The van der Waals surface area contributed by atoms with E-state index in [1.165, 1.54) is 0 Å². The topological polar surface area (TPSA) is 44.8 Å². The van der Waals surface area contributed by atoms with Gasteiger partial charge < -0.3 is 0 Å². The number of aldehydes is 1. The first kappa shape index (κ1) is 16.4. The molecule has 5 heteroatoms. The Morgan fingerprint density at radius 1 is 1.05 bits per heavy atom. The summed E-state index contributed by atoms with van der Waals surface area (Å²) in [5.74, 6) is 2.22. The van der Waals surface area contributed by atoms with E-state index in [2.05, 4.69) is 16.9 Å². The van der Waals surface area contributed by atoms with Crippen LogP contribution in [0.2, 0.25) is 0 Å². The summed E-state index contributed by atoms with van der Waals surface area (Å²) in [5.41, 5.74) is 2.17. The van der Waals surface area contributed by atoms with Crippen LogP contribution in [0.4, 0.5) is 0 Å². The maximum atomic E-state index is 10.3. The van der Waals surface area contributed by atoms with Crippen molar-refractivity contribution in [2.24, 2.45) is 0 Å². The second-order valence-corrected chi connectivity index (χ2v) is 5.64. The summed E-state index contributed by atoms with van der Waals surface area (Å²) in [4.78, 5) is 10.3. The second kappa shape index (κ2) is 7.90. The number of rotatable bonds is 7. The third kappa shape index (κ3) is 3.83. The van der Waals surface area contributed by atoms with Crippen LogP contribution in [0.5, 0.6) is 17.2 Å². The molecule has 2 radical (unpaired) electrons. The first-order valence-corrected chi connectivity index (χ1v) is 7.84. The van der Waals surface area contributed by atoms with Gasteiger partial charge in [-0.2, -0.15) is 0 Å². The molecule has 0 fully saturated rings. The molecule has 0 heterocycles. The molecule has 0 spiro atoms. The maximum absolute atomic E-state index is 10.3. The number of benzene rings is 2. The number of hydrogen-bond donors (Lipinski definition) is 0. The van der Waals surface area contributed by atoms with Gasteiger partial charge >= 0.3 is 139 Å². The Morgan fingerprint density at radius 3 is 2.32 bits per heavy atom. The van der Waals surface area contributed by atoms with Crippen LogP contribution >= 0.6 is 0 Å². The van der Waals surface area contributed by atoms with Gasteiger partial charge in [-0.15, -0.1) is 0 Å². The molecule has 2 aromatic carbocycles. The van der Waals surface area contributed by atoms with Crippen LogP contribution in [0.15, 0.2) is 42.5 Å². The molecule has 0 bridgehead atoms. The van der Waals surface area contributed by atoms with Gasteiger partial charge in [0.1, 0.15) is 0 Å². The molecule has 0 aliphatic carbocycles. The summed E-state index contributed by atoms with van der Waals surface area (Å²) in [7, 11) is 3.28.